The molecule has 164 valence electrons. The number of amides is 1. The van der Waals surface area contributed by atoms with E-state index in [1.807, 2.05) is 18.7 Å². The summed E-state index contributed by atoms with van der Waals surface area (Å²) in [6.45, 7) is 6.22. The summed E-state index contributed by atoms with van der Waals surface area (Å²) >= 11 is 0. The third kappa shape index (κ3) is 6.31. The van der Waals surface area contributed by atoms with Crippen molar-refractivity contribution in [3.8, 4) is 5.75 Å². The fourth-order valence-corrected chi connectivity index (χ4v) is 4.81. The summed E-state index contributed by atoms with van der Waals surface area (Å²) in [4.78, 5) is 15.3. The number of sulfonamides is 1. The molecule has 0 spiro atoms. The van der Waals surface area contributed by atoms with Gasteiger partial charge in [0.25, 0.3) is 0 Å². The first-order valence-corrected chi connectivity index (χ1v) is 10.9. The zero-order valence-electron chi connectivity index (χ0n) is 16.5. The van der Waals surface area contributed by atoms with E-state index in [9.17, 15) is 26.4 Å². The third-order valence-corrected chi connectivity index (χ3v) is 6.65. The van der Waals surface area contributed by atoms with E-state index in [-0.39, 0.29) is 25.5 Å². The van der Waals surface area contributed by atoms with Gasteiger partial charge >= 0.3 is 6.36 Å². The van der Waals surface area contributed by atoms with Crippen LogP contribution in [0.5, 0.6) is 5.75 Å². The number of carbonyl (C=O) groups excluding carboxylic acids is 1. The van der Waals surface area contributed by atoms with Crippen molar-refractivity contribution in [2.45, 2.75) is 31.5 Å². The van der Waals surface area contributed by atoms with E-state index in [4.69, 9.17) is 0 Å². The topological polar surface area (TPSA) is 70.2 Å². The van der Waals surface area contributed by atoms with E-state index in [1.165, 1.54) is 12.1 Å². The molecule has 0 atom stereocenters. The Morgan fingerprint density at radius 1 is 1.10 bits per heavy atom. The van der Waals surface area contributed by atoms with Crippen LogP contribution in [-0.2, 0) is 14.8 Å². The number of carbonyl (C=O) groups is 1. The lowest BCUT2D eigenvalue weighted by Crippen LogP contribution is -2.42. The summed E-state index contributed by atoms with van der Waals surface area (Å²) in [5.41, 5.74) is 0. The highest BCUT2D eigenvalue weighted by Crippen LogP contribution is 2.31. The van der Waals surface area contributed by atoms with Crippen LogP contribution >= 0.6 is 0 Å². The Hall–Kier alpha value is -1.85. The van der Waals surface area contributed by atoms with Crippen molar-refractivity contribution < 1.29 is 31.1 Å². The Labute approximate surface area is 169 Å². The van der Waals surface area contributed by atoms with Crippen LogP contribution < -0.4 is 4.74 Å². The molecule has 2 rings (SSSR count). The number of nitrogens with zero attached hydrogens (tertiary/aromatic N) is 3. The fraction of sp³-hybridized carbons (Fsp3) is 0.611. The Morgan fingerprint density at radius 3 is 2.38 bits per heavy atom. The van der Waals surface area contributed by atoms with Crippen molar-refractivity contribution in [2.75, 3.05) is 45.8 Å². The molecule has 1 saturated heterocycles. The van der Waals surface area contributed by atoms with Crippen LogP contribution in [0.4, 0.5) is 13.2 Å². The molecule has 0 unspecified atom stereocenters. The number of para-hydroxylation sites is 1. The largest absolute Gasteiger partial charge is 0.573 e. The molecule has 0 bridgehead atoms. The van der Waals surface area contributed by atoms with Crippen molar-refractivity contribution in [1.82, 2.24) is 14.1 Å². The summed E-state index contributed by atoms with van der Waals surface area (Å²) in [5.74, 6) is -0.784. The minimum atomic E-state index is -4.99. The number of ether oxygens (including phenoxy) is 1. The normalized spacial score (nSPS) is 17.0. The highest BCUT2D eigenvalue weighted by atomic mass is 32.2. The van der Waals surface area contributed by atoms with Gasteiger partial charge in [0.05, 0.1) is 6.54 Å². The molecule has 1 amide bonds. The van der Waals surface area contributed by atoms with E-state index in [2.05, 4.69) is 4.74 Å². The lowest BCUT2D eigenvalue weighted by atomic mass is 10.3. The maximum atomic E-state index is 13.0. The van der Waals surface area contributed by atoms with Crippen LogP contribution in [0.15, 0.2) is 29.2 Å². The minimum Gasteiger partial charge on any atom is -0.404 e. The van der Waals surface area contributed by atoms with Gasteiger partial charge < -0.3 is 9.64 Å². The molecule has 1 aromatic rings. The number of likely N-dealkylation sites (N-methyl/N-ethyl adjacent to an activating group) is 1. The van der Waals surface area contributed by atoms with Gasteiger partial charge in [0, 0.05) is 32.7 Å². The Morgan fingerprint density at radius 2 is 1.76 bits per heavy atom. The molecule has 0 aliphatic carbocycles. The smallest absolute Gasteiger partial charge is 0.404 e. The molecule has 1 fully saturated rings. The van der Waals surface area contributed by atoms with Gasteiger partial charge in [-0.1, -0.05) is 12.1 Å². The molecular weight excluding hydrogens is 411 g/mol. The van der Waals surface area contributed by atoms with Gasteiger partial charge in [-0.15, -0.1) is 13.2 Å². The SMILES string of the molecule is CCN(CC)C(=O)CN1CCCN(S(=O)(=O)c2ccccc2OC(F)(F)F)CC1. The molecule has 0 aromatic heterocycles. The second-order valence-electron chi connectivity index (χ2n) is 6.59. The number of hydrogen-bond donors (Lipinski definition) is 0. The zero-order chi connectivity index (χ0) is 21.7. The lowest BCUT2D eigenvalue weighted by Gasteiger charge is -2.25. The van der Waals surface area contributed by atoms with E-state index >= 15 is 0 Å². The highest BCUT2D eigenvalue weighted by molar-refractivity contribution is 7.89. The van der Waals surface area contributed by atoms with Crippen molar-refractivity contribution >= 4 is 15.9 Å². The first-order chi connectivity index (χ1) is 13.6. The molecule has 11 heteroatoms. The van der Waals surface area contributed by atoms with Crippen LogP contribution in [-0.4, -0.2) is 80.6 Å². The van der Waals surface area contributed by atoms with Crippen LogP contribution in [0.25, 0.3) is 0 Å². The molecule has 7 nitrogen and oxygen atoms in total. The first-order valence-electron chi connectivity index (χ1n) is 9.43. The minimum absolute atomic E-state index is 0.0322. The lowest BCUT2D eigenvalue weighted by molar-refractivity contribution is -0.275. The average Bonchev–Trinajstić information content (AvgIpc) is 2.88. The third-order valence-electron chi connectivity index (χ3n) is 4.72. The zero-order valence-corrected chi connectivity index (χ0v) is 17.3. The maximum Gasteiger partial charge on any atom is 0.573 e. The van der Waals surface area contributed by atoms with Gasteiger partial charge in [-0.3, -0.25) is 9.69 Å². The Bertz CT molecular complexity index is 798. The van der Waals surface area contributed by atoms with E-state index in [0.717, 1.165) is 16.4 Å². The van der Waals surface area contributed by atoms with Gasteiger partial charge in [-0.05, 0) is 38.9 Å². The fourth-order valence-electron chi connectivity index (χ4n) is 3.22. The van der Waals surface area contributed by atoms with Crippen molar-refractivity contribution in [3.63, 3.8) is 0 Å². The van der Waals surface area contributed by atoms with E-state index in [0.29, 0.717) is 32.6 Å². The van der Waals surface area contributed by atoms with Gasteiger partial charge in [0.15, 0.2) is 0 Å². The van der Waals surface area contributed by atoms with Gasteiger partial charge in [-0.2, -0.15) is 4.31 Å². The van der Waals surface area contributed by atoms with Crippen molar-refractivity contribution in [2.24, 2.45) is 0 Å². The van der Waals surface area contributed by atoms with Crippen LogP contribution in [0.1, 0.15) is 20.3 Å². The monoisotopic (exact) mass is 437 g/mol. The second kappa shape index (κ2) is 9.77. The molecular formula is C18H26F3N3O4S. The summed E-state index contributed by atoms with van der Waals surface area (Å²) < 4.78 is 68.9. The van der Waals surface area contributed by atoms with Crippen LogP contribution in [0.3, 0.4) is 0 Å². The number of alkyl halides is 3. The van der Waals surface area contributed by atoms with Crippen LogP contribution in [0, 0.1) is 0 Å². The second-order valence-corrected chi connectivity index (χ2v) is 8.50. The highest BCUT2D eigenvalue weighted by Gasteiger charge is 2.36. The average molecular weight is 437 g/mol. The number of rotatable bonds is 7. The number of benzene rings is 1. The quantitative estimate of drug-likeness (QED) is 0.654. The predicted molar refractivity (Wildman–Crippen MR) is 101 cm³/mol. The molecule has 1 aromatic carbocycles. The molecule has 1 aliphatic rings. The van der Waals surface area contributed by atoms with Crippen molar-refractivity contribution in [3.05, 3.63) is 24.3 Å². The summed E-state index contributed by atoms with van der Waals surface area (Å²) in [6.07, 6.45) is -4.53. The predicted octanol–water partition coefficient (Wildman–Crippen LogP) is 2.15. The molecule has 0 N–H and O–H groups in total. The number of hydrogen-bond acceptors (Lipinski definition) is 5. The number of halogens is 3. The van der Waals surface area contributed by atoms with Gasteiger partial charge in [-0.25, -0.2) is 8.42 Å². The maximum absolute atomic E-state index is 13.0. The van der Waals surface area contributed by atoms with Gasteiger partial charge in [0.1, 0.15) is 10.6 Å². The molecule has 29 heavy (non-hydrogen) atoms. The standard InChI is InChI=1S/C18H26F3N3O4S/c1-3-23(4-2)17(25)14-22-10-7-11-24(13-12-22)29(26,27)16-9-6-5-8-15(16)28-18(19,20)21/h5-6,8-9H,3-4,7,10-14H2,1-2H3. The molecule has 0 saturated carbocycles. The molecule has 0 radical (unpaired) electrons. The van der Waals surface area contributed by atoms with Gasteiger partial charge in [0.2, 0.25) is 15.9 Å². The van der Waals surface area contributed by atoms with Crippen LogP contribution in [0.2, 0.25) is 0 Å². The van der Waals surface area contributed by atoms with E-state index in [1.54, 1.807) is 4.90 Å². The Balaban J connectivity index is 2.13. The summed E-state index contributed by atoms with van der Waals surface area (Å²) in [7, 11) is -4.18. The summed E-state index contributed by atoms with van der Waals surface area (Å²) in [5, 5.41) is 0. The molecule has 1 heterocycles. The summed E-state index contributed by atoms with van der Waals surface area (Å²) in [6, 6.07) is 4.71. The Kier molecular flexibility index (Phi) is 7.89. The van der Waals surface area contributed by atoms with Crippen molar-refractivity contribution in [1.29, 1.82) is 0 Å². The molecule has 1 aliphatic heterocycles. The first kappa shape index (κ1) is 23.4. The van der Waals surface area contributed by atoms with E-state index < -0.39 is 27.0 Å².